The maximum atomic E-state index is 11.6. The van der Waals surface area contributed by atoms with Gasteiger partial charge in [-0.3, -0.25) is 0 Å². The van der Waals surface area contributed by atoms with Crippen molar-refractivity contribution in [1.29, 1.82) is 0 Å². The fourth-order valence-corrected chi connectivity index (χ4v) is 1.87. The minimum Gasteiger partial charge on any atom is -0.228 e. The lowest BCUT2D eigenvalue weighted by atomic mass is 10.1. The third-order valence-electron chi connectivity index (χ3n) is 1.87. The van der Waals surface area contributed by atoms with Crippen molar-refractivity contribution in [2.24, 2.45) is 0 Å². The van der Waals surface area contributed by atoms with Crippen LogP contribution >= 0.6 is 23.2 Å². The molecule has 0 saturated carbocycles. The van der Waals surface area contributed by atoms with Gasteiger partial charge in [0.1, 0.15) is 6.10 Å². The molecular weight excluding hydrogens is 207 g/mol. The summed E-state index contributed by atoms with van der Waals surface area (Å²) in [5.41, 5.74) is 0.535. The van der Waals surface area contributed by atoms with E-state index in [4.69, 9.17) is 23.2 Å². The molecule has 0 aliphatic carbocycles. The molecule has 0 heterocycles. The fourth-order valence-electron chi connectivity index (χ4n) is 1.22. The third kappa shape index (κ3) is 2.60. The van der Waals surface area contributed by atoms with E-state index in [1.54, 1.807) is 18.2 Å². The van der Waals surface area contributed by atoms with Gasteiger partial charge in [-0.05, 0) is 18.6 Å². The Kier molecular flexibility index (Phi) is 4.04. The molecule has 1 radical (unpaired) electrons. The van der Waals surface area contributed by atoms with Gasteiger partial charge in [-0.15, -0.1) is 0 Å². The molecule has 0 saturated heterocycles. The lowest BCUT2D eigenvalue weighted by molar-refractivity contribution is 0.0807. The van der Waals surface area contributed by atoms with E-state index >= 15 is 0 Å². The molecule has 1 aromatic rings. The van der Waals surface area contributed by atoms with E-state index in [1.165, 1.54) is 0 Å². The number of hydrogen-bond acceptors (Lipinski definition) is 0. The summed E-state index contributed by atoms with van der Waals surface area (Å²) in [7, 11) is 0. The predicted octanol–water partition coefficient (Wildman–Crippen LogP) is 4.27. The van der Waals surface area contributed by atoms with Crippen molar-refractivity contribution in [3.8, 4) is 0 Å². The lowest BCUT2D eigenvalue weighted by Crippen LogP contribution is -1.96. The van der Waals surface area contributed by atoms with Gasteiger partial charge in [-0.2, -0.15) is 0 Å². The van der Waals surface area contributed by atoms with Gasteiger partial charge in [0.25, 0.3) is 0 Å². The second-order valence-electron chi connectivity index (χ2n) is 2.91. The van der Waals surface area contributed by atoms with Gasteiger partial charge >= 0.3 is 0 Å². The van der Waals surface area contributed by atoms with Gasteiger partial charge in [0.2, 0.25) is 0 Å². The van der Waals surface area contributed by atoms with Crippen LogP contribution in [0.4, 0.5) is 0 Å². The summed E-state index contributed by atoms with van der Waals surface area (Å²) in [6.07, 6.45) is 0.616. The number of benzene rings is 1. The molecule has 13 heavy (non-hydrogen) atoms. The van der Waals surface area contributed by atoms with E-state index in [0.717, 1.165) is 6.42 Å². The van der Waals surface area contributed by atoms with Crippen LogP contribution in [0, 0.1) is 0 Å². The second kappa shape index (κ2) is 4.85. The molecule has 0 amide bonds. The molecular formula is C10H11Cl2O. The Morgan fingerprint density at radius 1 is 1.31 bits per heavy atom. The molecule has 1 atom stereocenters. The fraction of sp³-hybridized carbons (Fsp3) is 0.400. The first-order valence-corrected chi connectivity index (χ1v) is 5.02. The van der Waals surface area contributed by atoms with Crippen LogP contribution < -0.4 is 0 Å². The quantitative estimate of drug-likeness (QED) is 0.722. The SMILES string of the molecule is CCCC([O])c1c(Cl)cccc1Cl. The van der Waals surface area contributed by atoms with Gasteiger partial charge in [0.05, 0.1) is 0 Å². The van der Waals surface area contributed by atoms with Crippen LogP contribution in [0.25, 0.3) is 0 Å². The maximum Gasteiger partial charge on any atom is 0.121 e. The Morgan fingerprint density at radius 2 is 1.85 bits per heavy atom. The molecule has 0 N–H and O–H groups in total. The second-order valence-corrected chi connectivity index (χ2v) is 3.73. The molecule has 71 valence electrons. The molecule has 0 bridgehead atoms. The van der Waals surface area contributed by atoms with Gasteiger partial charge in [-0.1, -0.05) is 42.6 Å². The summed E-state index contributed by atoms with van der Waals surface area (Å²) in [4.78, 5) is 0. The van der Waals surface area contributed by atoms with Gasteiger partial charge in [-0.25, -0.2) is 5.11 Å². The zero-order chi connectivity index (χ0) is 9.84. The molecule has 0 fully saturated rings. The Labute approximate surface area is 88.3 Å². The molecule has 0 aliphatic heterocycles. The summed E-state index contributed by atoms with van der Waals surface area (Å²) < 4.78 is 0. The minimum atomic E-state index is -0.800. The average Bonchev–Trinajstić information content (AvgIpc) is 2.04. The van der Waals surface area contributed by atoms with Crippen LogP contribution in [0.15, 0.2) is 18.2 Å². The Morgan fingerprint density at radius 3 is 2.31 bits per heavy atom. The van der Waals surface area contributed by atoms with Crippen LogP contribution in [0.2, 0.25) is 10.0 Å². The van der Waals surface area contributed by atoms with Crippen LogP contribution in [-0.2, 0) is 5.11 Å². The van der Waals surface area contributed by atoms with Crippen LogP contribution in [0.1, 0.15) is 31.4 Å². The highest BCUT2D eigenvalue weighted by Crippen LogP contribution is 2.32. The Balaban J connectivity index is 2.98. The summed E-state index contributed by atoms with van der Waals surface area (Å²) in [5.74, 6) is 0. The highest BCUT2D eigenvalue weighted by molar-refractivity contribution is 6.36. The average molecular weight is 218 g/mol. The van der Waals surface area contributed by atoms with E-state index in [0.29, 0.717) is 22.0 Å². The molecule has 0 spiro atoms. The van der Waals surface area contributed by atoms with Crippen LogP contribution in [0.3, 0.4) is 0 Å². The van der Waals surface area contributed by atoms with E-state index in [2.05, 4.69) is 0 Å². The highest BCUT2D eigenvalue weighted by atomic mass is 35.5. The van der Waals surface area contributed by atoms with Crippen molar-refractivity contribution in [2.45, 2.75) is 25.9 Å². The molecule has 0 aliphatic rings. The molecule has 3 heteroatoms. The van der Waals surface area contributed by atoms with Crippen molar-refractivity contribution >= 4 is 23.2 Å². The van der Waals surface area contributed by atoms with Crippen molar-refractivity contribution in [2.75, 3.05) is 0 Å². The van der Waals surface area contributed by atoms with Crippen molar-refractivity contribution in [1.82, 2.24) is 0 Å². The standard InChI is InChI=1S/C10H11Cl2O/c1-2-4-9(13)10-7(11)5-3-6-8(10)12/h3,5-6,9H,2,4H2,1H3. The highest BCUT2D eigenvalue weighted by Gasteiger charge is 2.15. The van der Waals surface area contributed by atoms with Gasteiger partial charge in [0.15, 0.2) is 0 Å². The maximum absolute atomic E-state index is 11.6. The first kappa shape index (κ1) is 10.8. The Bertz CT molecular complexity index is 266. The topological polar surface area (TPSA) is 19.9 Å². The van der Waals surface area contributed by atoms with Crippen molar-refractivity contribution in [3.63, 3.8) is 0 Å². The van der Waals surface area contributed by atoms with Gasteiger partial charge in [0, 0.05) is 15.6 Å². The molecule has 1 unspecified atom stereocenters. The monoisotopic (exact) mass is 217 g/mol. The van der Waals surface area contributed by atoms with Crippen molar-refractivity contribution < 1.29 is 5.11 Å². The molecule has 1 aromatic carbocycles. The largest absolute Gasteiger partial charge is 0.228 e. The predicted molar refractivity (Wildman–Crippen MR) is 54.8 cm³/mol. The minimum absolute atomic E-state index is 0.473. The first-order valence-electron chi connectivity index (χ1n) is 4.26. The van der Waals surface area contributed by atoms with E-state index in [1.807, 2.05) is 6.92 Å². The summed E-state index contributed by atoms with van der Waals surface area (Å²) >= 11 is 11.8. The molecule has 1 rings (SSSR count). The summed E-state index contributed by atoms with van der Waals surface area (Å²) in [6, 6.07) is 5.14. The molecule has 0 aromatic heterocycles. The lowest BCUT2D eigenvalue weighted by Gasteiger charge is -2.10. The Hall–Kier alpha value is -0.240. The van der Waals surface area contributed by atoms with Crippen LogP contribution in [-0.4, -0.2) is 0 Å². The smallest absolute Gasteiger partial charge is 0.121 e. The van der Waals surface area contributed by atoms with E-state index in [9.17, 15) is 5.11 Å². The van der Waals surface area contributed by atoms with E-state index < -0.39 is 6.10 Å². The zero-order valence-electron chi connectivity index (χ0n) is 7.39. The van der Waals surface area contributed by atoms with E-state index in [-0.39, 0.29) is 0 Å². The van der Waals surface area contributed by atoms with Gasteiger partial charge < -0.3 is 0 Å². The number of halogens is 2. The summed E-state index contributed by atoms with van der Waals surface area (Å²) in [6.45, 7) is 1.97. The third-order valence-corrected chi connectivity index (χ3v) is 2.53. The zero-order valence-corrected chi connectivity index (χ0v) is 8.90. The number of hydrogen-bond donors (Lipinski definition) is 0. The summed E-state index contributed by atoms with van der Waals surface area (Å²) in [5, 5.41) is 12.5. The molecule has 1 nitrogen and oxygen atoms in total. The normalized spacial score (nSPS) is 12.9. The van der Waals surface area contributed by atoms with Crippen LogP contribution in [0.5, 0.6) is 0 Å². The first-order chi connectivity index (χ1) is 6.16. The van der Waals surface area contributed by atoms with Crippen molar-refractivity contribution in [3.05, 3.63) is 33.8 Å². The number of rotatable bonds is 3.